The fraction of sp³-hybridized carbons (Fsp3) is 0. The number of hydrogen-bond acceptors (Lipinski definition) is 2. The highest BCUT2D eigenvalue weighted by atomic mass is 19.1. The third-order valence-electron chi connectivity index (χ3n) is 3.97. The lowest BCUT2D eigenvalue weighted by Crippen LogP contribution is -2.02. The summed E-state index contributed by atoms with van der Waals surface area (Å²) in [5.74, 6) is -0.347. The van der Waals surface area contributed by atoms with Crippen molar-refractivity contribution in [3.05, 3.63) is 108 Å². The molecule has 4 aromatic rings. The van der Waals surface area contributed by atoms with Crippen LogP contribution >= 0.6 is 0 Å². The van der Waals surface area contributed by atoms with Crippen molar-refractivity contribution in [2.45, 2.75) is 0 Å². The van der Waals surface area contributed by atoms with Gasteiger partial charge in [0.1, 0.15) is 5.82 Å². The van der Waals surface area contributed by atoms with Gasteiger partial charge in [-0.1, -0.05) is 60.7 Å². The summed E-state index contributed by atoms with van der Waals surface area (Å²) in [6.45, 7) is 0. The summed E-state index contributed by atoms with van der Waals surface area (Å²) in [6.07, 6.45) is 1.23. The Labute approximate surface area is 145 Å². The molecule has 0 radical (unpaired) electrons. The van der Waals surface area contributed by atoms with Crippen LogP contribution in [0.2, 0.25) is 0 Å². The van der Waals surface area contributed by atoms with Gasteiger partial charge in [-0.2, -0.15) is 0 Å². The van der Waals surface area contributed by atoms with Gasteiger partial charge in [-0.25, -0.2) is 9.38 Å². The number of pyridine rings is 1. The molecular formula is C22H15FN2. The molecule has 4 rings (SSSR count). The van der Waals surface area contributed by atoms with Crippen LogP contribution in [-0.4, -0.2) is 10.7 Å². The summed E-state index contributed by atoms with van der Waals surface area (Å²) in [7, 11) is 0. The summed E-state index contributed by atoms with van der Waals surface area (Å²) >= 11 is 0. The maximum atomic E-state index is 13.5. The molecule has 0 saturated heterocycles. The fourth-order valence-corrected chi connectivity index (χ4v) is 2.78. The Bertz CT molecular complexity index is 1000. The zero-order chi connectivity index (χ0) is 17.1. The minimum atomic E-state index is -0.347. The molecule has 0 aliphatic rings. The molecule has 3 heteroatoms. The molecule has 1 heterocycles. The smallest absolute Gasteiger partial charge is 0.142 e. The van der Waals surface area contributed by atoms with Crippen molar-refractivity contribution < 1.29 is 4.39 Å². The van der Waals surface area contributed by atoms with Gasteiger partial charge in [-0.05, 0) is 24.3 Å². The van der Waals surface area contributed by atoms with Gasteiger partial charge in [0.25, 0.3) is 0 Å². The van der Waals surface area contributed by atoms with Crippen LogP contribution in [0, 0.1) is 5.82 Å². The molecule has 1 aromatic heterocycles. The first-order valence-electron chi connectivity index (χ1n) is 8.04. The lowest BCUT2D eigenvalue weighted by atomic mass is 10.0. The first kappa shape index (κ1) is 15.2. The van der Waals surface area contributed by atoms with Crippen LogP contribution < -0.4 is 0 Å². The quantitative estimate of drug-likeness (QED) is 0.454. The minimum Gasteiger partial charge on any atom is -0.253 e. The van der Waals surface area contributed by atoms with E-state index in [-0.39, 0.29) is 5.82 Å². The zero-order valence-electron chi connectivity index (χ0n) is 13.4. The van der Waals surface area contributed by atoms with Gasteiger partial charge in [0.15, 0.2) is 0 Å². The van der Waals surface area contributed by atoms with Crippen molar-refractivity contribution in [1.29, 1.82) is 0 Å². The number of nitrogens with zero attached hydrogens (tertiary/aromatic N) is 2. The van der Waals surface area contributed by atoms with Crippen LogP contribution in [0.15, 0.2) is 96.1 Å². The lowest BCUT2D eigenvalue weighted by Gasteiger charge is -2.08. The van der Waals surface area contributed by atoms with Gasteiger partial charge in [-0.3, -0.25) is 4.98 Å². The molecule has 0 spiro atoms. The van der Waals surface area contributed by atoms with E-state index in [4.69, 9.17) is 4.99 Å². The standard InChI is InChI=1S/C22H15FN2/c23-19-13-18-14-20(11-12-21(18)24-15-19)25-22(16-7-3-1-4-8-16)17-9-5-2-6-10-17/h1-15H. The molecule has 0 aliphatic heterocycles. The predicted octanol–water partition coefficient (Wildman–Crippen LogP) is 5.54. The van der Waals surface area contributed by atoms with Gasteiger partial charge < -0.3 is 0 Å². The molecule has 0 unspecified atom stereocenters. The van der Waals surface area contributed by atoms with Crippen LogP contribution in [0.1, 0.15) is 11.1 Å². The lowest BCUT2D eigenvalue weighted by molar-refractivity contribution is 0.624. The van der Waals surface area contributed by atoms with Crippen molar-refractivity contribution in [3.63, 3.8) is 0 Å². The molecule has 25 heavy (non-hydrogen) atoms. The molecule has 0 atom stereocenters. The van der Waals surface area contributed by atoms with Crippen molar-refractivity contribution in [2.75, 3.05) is 0 Å². The molecule has 3 aromatic carbocycles. The second-order valence-electron chi connectivity index (χ2n) is 5.72. The number of rotatable bonds is 3. The van der Waals surface area contributed by atoms with Crippen molar-refractivity contribution in [1.82, 2.24) is 4.98 Å². The first-order chi connectivity index (χ1) is 12.3. The highest BCUT2D eigenvalue weighted by Gasteiger charge is 2.07. The third kappa shape index (κ3) is 3.31. The minimum absolute atomic E-state index is 0.347. The van der Waals surface area contributed by atoms with Gasteiger partial charge in [0.05, 0.1) is 23.1 Å². The van der Waals surface area contributed by atoms with Crippen LogP contribution in [0.5, 0.6) is 0 Å². The Morgan fingerprint density at radius 3 is 2.04 bits per heavy atom. The van der Waals surface area contributed by atoms with Gasteiger partial charge in [-0.15, -0.1) is 0 Å². The van der Waals surface area contributed by atoms with E-state index in [1.165, 1.54) is 12.3 Å². The van der Waals surface area contributed by atoms with Gasteiger partial charge >= 0.3 is 0 Å². The molecule has 0 N–H and O–H groups in total. The molecule has 0 aliphatic carbocycles. The van der Waals surface area contributed by atoms with Crippen molar-refractivity contribution >= 4 is 22.3 Å². The van der Waals surface area contributed by atoms with E-state index in [9.17, 15) is 4.39 Å². The number of fused-ring (bicyclic) bond motifs is 1. The number of aliphatic imine (C=N–C) groups is 1. The Kier molecular flexibility index (Phi) is 4.05. The number of benzene rings is 3. The summed E-state index contributed by atoms with van der Waals surface area (Å²) in [4.78, 5) is 8.94. The summed E-state index contributed by atoms with van der Waals surface area (Å²) < 4.78 is 13.5. The maximum absolute atomic E-state index is 13.5. The van der Waals surface area contributed by atoms with Gasteiger partial charge in [0, 0.05) is 16.5 Å². The Morgan fingerprint density at radius 2 is 1.40 bits per heavy atom. The van der Waals surface area contributed by atoms with E-state index >= 15 is 0 Å². The van der Waals surface area contributed by atoms with Crippen molar-refractivity contribution in [2.24, 2.45) is 4.99 Å². The summed E-state index contributed by atoms with van der Waals surface area (Å²) in [5.41, 5.74) is 4.46. The van der Waals surface area contributed by atoms with E-state index in [1.54, 1.807) is 0 Å². The predicted molar refractivity (Wildman–Crippen MR) is 99.9 cm³/mol. The maximum Gasteiger partial charge on any atom is 0.142 e. The highest BCUT2D eigenvalue weighted by Crippen LogP contribution is 2.23. The monoisotopic (exact) mass is 326 g/mol. The van der Waals surface area contributed by atoms with E-state index in [2.05, 4.69) is 4.98 Å². The summed E-state index contributed by atoms with van der Waals surface area (Å²) in [5, 5.41) is 0.738. The van der Waals surface area contributed by atoms with Gasteiger partial charge in [0.2, 0.25) is 0 Å². The number of halogens is 1. The molecule has 0 fully saturated rings. The van der Waals surface area contributed by atoms with Crippen LogP contribution in [-0.2, 0) is 0 Å². The zero-order valence-corrected chi connectivity index (χ0v) is 13.4. The Morgan fingerprint density at radius 1 is 0.760 bits per heavy atom. The van der Waals surface area contributed by atoms with E-state index in [0.29, 0.717) is 0 Å². The molecule has 0 saturated carbocycles. The molecule has 0 amide bonds. The molecular weight excluding hydrogens is 311 g/mol. The van der Waals surface area contributed by atoms with Crippen LogP contribution in [0.25, 0.3) is 10.9 Å². The number of aromatic nitrogens is 1. The van der Waals surface area contributed by atoms with E-state index in [1.807, 2.05) is 78.9 Å². The Hall–Kier alpha value is -3.33. The SMILES string of the molecule is Fc1cnc2ccc(N=C(c3ccccc3)c3ccccc3)cc2c1. The fourth-order valence-electron chi connectivity index (χ4n) is 2.78. The number of hydrogen-bond donors (Lipinski definition) is 0. The van der Waals surface area contributed by atoms with Crippen molar-refractivity contribution in [3.8, 4) is 0 Å². The van der Waals surface area contributed by atoms with Crippen LogP contribution in [0.4, 0.5) is 10.1 Å². The highest BCUT2D eigenvalue weighted by molar-refractivity contribution is 6.14. The first-order valence-corrected chi connectivity index (χ1v) is 8.04. The molecule has 2 nitrogen and oxygen atoms in total. The Balaban J connectivity index is 1.87. The third-order valence-corrected chi connectivity index (χ3v) is 3.97. The second kappa shape index (κ2) is 6.65. The van der Waals surface area contributed by atoms with E-state index in [0.717, 1.165) is 33.4 Å². The summed E-state index contributed by atoms with van der Waals surface area (Å²) in [6, 6.07) is 27.2. The molecule has 0 bridgehead atoms. The normalized spacial score (nSPS) is 10.6. The average Bonchev–Trinajstić information content (AvgIpc) is 2.67. The molecule has 120 valence electrons. The average molecular weight is 326 g/mol. The van der Waals surface area contributed by atoms with E-state index < -0.39 is 0 Å². The van der Waals surface area contributed by atoms with Crippen LogP contribution in [0.3, 0.4) is 0 Å². The largest absolute Gasteiger partial charge is 0.253 e. The second-order valence-corrected chi connectivity index (χ2v) is 5.72. The topological polar surface area (TPSA) is 25.2 Å².